The van der Waals surface area contributed by atoms with Crippen LogP contribution >= 0.6 is 0 Å². The summed E-state index contributed by atoms with van der Waals surface area (Å²) in [5.41, 5.74) is -1.04. The maximum Gasteiger partial charge on any atom is 0.329 e. The Morgan fingerprint density at radius 2 is 1.75 bits per heavy atom. The summed E-state index contributed by atoms with van der Waals surface area (Å²) in [5.74, 6) is -0.891. The highest BCUT2D eigenvalue weighted by Crippen LogP contribution is 2.29. The van der Waals surface area contributed by atoms with Gasteiger partial charge >= 0.3 is 12.0 Å². The number of hydrogen-bond acceptors (Lipinski definition) is 3. The van der Waals surface area contributed by atoms with Gasteiger partial charge in [0, 0.05) is 32.7 Å². The number of carbonyl (C=O) groups is 2. The maximum absolute atomic E-state index is 12.6. The molecule has 1 atom stereocenters. The molecule has 2 heterocycles. The van der Waals surface area contributed by atoms with Gasteiger partial charge in [0.05, 0.1) is 0 Å². The summed E-state index contributed by atoms with van der Waals surface area (Å²) in [6, 6.07) is -0.106. The number of rotatable bonds is 2. The van der Waals surface area contributed by atoms with Crippen molar-refractivity contribution in [2.75, 3.05) is 39.3 Å². The number of carbonyl (C=O) groups excluding carboxylic acids is 1. The van der Waals surface area contributed by atoms with E-state index in [4.69, 9.17) is 0 Å². The predicted molar refractivity (Wildman–Crippen MR) is 75.7 cm³/mol. The number of likely N-dealkylation sites (tertiary alicyclic amines) is 1. The summed E-state index contributed by atoms with van der Waals surface area (Å²) >= 11 is 0. The third-order valence-corrected chi connectivity index (χ3v) is 4.67. The normalized spacial score (nSPS) is 28.5. The van der Waals surface area contributed by atoms with Crippen molar-refractivity contribution in [3.8, 4) is 0 Å². The van der Waals surface area contributed by atoms with Crippen LogP contribution in [-0.4, -0.2) is 76.6 Å². The molecule has 20 heavy (non-hydrogen) atoms. The van der Waals surface area contributed by atoms with E-state index < -0.39 is 11.5 Å². The maximum atomic E-state index is 12.6. The molecule has 6 heteroatoms. The van der Waals surface area contributed by atoms with E-state index in [0.717, 1.165) is 32.5 Å². The standard InChI is InChI=1S/C14H25N3O3/c1-3-15-8-10-16(11-9-15)13(20)17-7-5-4-6-14(17,2)12(18)19/h3-11H2,1-2H3,(H,18,19). The largest absolute Gasteiger partial charge is 0.480 e. The Labute approximate surface area is 120 Å². The first-order chi connectivity index (χ1) is 9.49. The molecule has 0 aromatic rings. The zero-order valence-corrected chi connectivity index (χ0v) is 12.5. The van der Waals surface area contributed by atoms with Crippen molar-refractivity contribution in [2.45, 2.75) is 38.6 Å². The highest BCUT2D eigenvalue weighted by atomic mass is 16.4. The minimum atomic E-state index is -1.04. The van der Waals surface area contributed by atoms with Crippen LogP contribution in [-0.2, 0) is 4.79 Å². The highest BCUT2D eigenvalue weighted by Gasteiger charge is 2.45. The van der Waals surface area contributed by atoms with Crippen molar-refractivity contribution in [1.82, 2.24) is 14.7 Å². The molecule has 0 spiro atoms. The van der Waals surface area contributed by atoms with Crippen LogP contribution in [0.25, 0.3) is 0 Å². The molecule has 0 radical (unpaired) electrons. The van der Waals surface area contributed by atoms with E-state index in [1.807, 2.05) is 0 Å². The summed E-state index contributed by atoms with van der Waals surface area (Å²) in [5, 5.41) is 9.47. The van der Waals surface area contributed by atoms with Gasteiger partial charge in [-0.15, -0.1) is 0 Å². The average molecular weight is 283 g/mol. The topological polar surface area (TPSA) is 64.1 Å². The number of likely N-dealkylation sites (N-methyl/N-ethyl adjacent to an activating group) is 1. The van der Waals surface area contributed by atoms with Gasteiger partial charge in [0.1, 0.15) is 5.54 Å². The molecule has 2 aliphatic heterocycles. The smallest absolute Gasteiger partial charge is 0.329 e. The molecule has 1 unspecified atom stereocenters. The Hall–Kier alpha value is -1.30. The number of nitrogens with zero attached hydrogens (tertiary/aromatic N) is 3. The second kappa shape index (κ2) is 5.99. The number of hydrogen-bond donors (Lipinski definition) is 1. The Morgan fingerprint density at radius 1 is 1.10 bits per heavy atom. The lowest BCUT2D eigenvalue weighted by molar-refractivity contribution is -0.150. The van der Waals surface area contributed by atoms with Gasteiger partial charge in [0.15, 0.2) is 0 Å². The molecule has 2 amide bonds. The Bertz CT molecular complexity index is 380. The molecular formula is C14H25N3O3. The number of carboxylic acid groups (broad SMARTS) is 1. The molecule has 2 rings (SSSR count). The van der Waals surface area contributed by atoms with Crippen LogP contribution in [0, 0.1) is 0 Å². The summed E-state index contributed by atoms with van der Waals surface area (Å²) in [6.07, 6.45) is 2.31. The van der Waals surface area contributed by atoms with E-state index in [-0.39, 0.29) is 6.03 Å². The van der Waals surface area contributed by atoms with Gasteiger partial charge < -0.3 is 19.8 Å². The van der Waals surface area contributed by atoms with Crippen molar-refractivity contribution in [3.05, 3.63) is 0 Å². The zero-order valence-electron chi connectivity index (χ0n) is 12.5. The van der Waals surface area contributed by atoms with Gasteiger partial charge in [0.2, 0.25) is 0 Å². The van der Waals surface area contributed by atoms with Gasteiger partial charge in [-0.2, -0.15) is 0 Å². The van der Waals surface area contributed by atoms with Crippen LogP contribution in [0.4, 0.5) is 4.79 Å². The summed E-state index contributed by atoms with van der Waals surface area (Å²) in [7, 11) is 0. The molecule has 2 fully saturated rings. The number of carboxylic acids is 1. The van der Waals surface area contributed by atoms with Gasteiger partial charge in [-0.25, -0.2) is 9.59 Å². The summed E-state index contributed by atoms with van der Waals surface area (Å²) in [6.45, 7) is 8.48. The molecule has 0 saturated carbocycles. The molecule has 0 aromatic carbocycles. The van der Waals surface area contributed by atoms with Gasteiger partial charge in [-0.1, -0.05) is 6.92 Å². The van der Waals surface area contributed by atoms with Crippen molar-refractivity contribution in [3.63, 3.8) is 0 Å². The predicted octanol–water partition coefficient (Wildman–Crippen LogP) is 1.07. The quantitative estimate of drug-likeness (QED) is 0.823. The molecule has 0 aromatic heterocycles. The first kappa shape index (κ1) is 15.1. The molecule has 2 saturated heterocycles. The van der Waals surface area contributed by atoms with Crippen molar-refractivity contribution in [2.24, 2.45) is 0 Å². The van der Waals surface area contributed by atoms with E-state index in [1.54, 1.807) is 16.7 Å². The number of amides is 2. The number of urea groups is 1. The first-order valence-electron chi connectivity index (χ1n) is 7.51. The van der Waals surface area contributed by atoms with E-state index in [9.17, 15) is 14.7 Å². The molecule has 1 N–H and O–H groups in total. The van der Waals surface area contributed by atoms with E-state index in [2.05, 4.69) is 11.8 Å². The monoisotopic (exact) mass is 283 g/mol. The second-order valence-electron chi connectivity index (χ2n) is 5.89. The van der Waals surface area contributed by atoms with Crippen LogP contribution in [0.2, 0.25) is 0 Å². The zero-order chi connectivity index (χ0) is 14.8. The first-order valence-corrected chi connectivity index (χ1v) is 7.51. The Kier molecular flexibility index (Phi) is 4.52. The molecule has 6 nitrogen and oxygen atoms in total. The Balaban J connectivity index is 2.05. The molecule has 0 bridgehead atoms. The van der Waals surface area contributed by atoms with Gasteiger partial charge in [-0.3, -0.25) is 0 Å². The van der Waals surface area contributed by atoms with Gasteiger partial charge in [-0.05, 0) is 32.7 Å². The van der Waals surface area contributed by atoms with Crippen LogP contribution in [0.15, 0.2) is 0 Å². The lowest BCUT2D eigenvalue weighted by Gasteiger charge is -2.45. The minimum Gasteiger partial charge on any atom is -0.480 e. The van der Waals surface area contributed by atoms with E-state index in [0.29, 0.717) is 26.1 Å². The lowest BCUT2D eigenvalue weighted by atomic mass is 9.89. The molecule has 114 valence electrons. The third kappa shape index (κ3) is 2.75. The highest BCUT2D eigenvalue weighted by molar-refractivity contribution is 5.86. The molecule has 0 aliphatic carbocycles. The molecule has 2 aliphatic rings. The van der Waals surface area contributed by atoms with Crippen LogP contribution < -0.4 is 0 Å². The van der Waals surface area contributed by atoms with Crippen LogP contribution in [0.3, 0.4) is 0 Å². The third-order valence-electron chi connectivity index (χ3n) is 4.67. The van der Waals surface area contributed by atoms with Crippen molar-refractivity contribution >= 4 is 12.0 Å². The number of aliphatic carboxylic acids is 1. The van der Waals surface area contributed by atoms with Crippen molar-refractivity contribution < 1.29 is 14.7 Å². The fourth-order valence-electron chi connectivity index (χ4n) is 3.08. The second-order valence-corrected chi connectivity index (χ2v) is 5.89. The SMILES string of the molecule is CCN1CCN(C(=O)N2CCCCC2(C)C(=O)O)CC1. The van der Waals surface area contributed by atoms with Crippen LogP contribution in [0.5, 0.6) is 0 Å². The molecular weight excluding hydrogens is 258 g/mol. The lowest BCUT2D eigenvalue weighted by Crippen LogP contribution is -2.62. The summed E-state index contributed by atoms with van der Waals surface area (Å²) in [4.78, 5) is 29.9. The van der Waals surface area contributed by atoms with Crippen molar-refractivity contribution in [1.29, 1.82) is 0 Å². The Morgan fingerprint density at radius 3 is 2.30 bits per heavy atom. The fraction of sp³-hybridized carbons (Fsp3) is 0.857. The van der Waals surface area contributed by atoms with E-state index >= 15 is 0 Å². The van der Waals surface area contributed by atoms with E-state index in [1.165, 1.54) is 0 Å². The number of piperidine rings is 1. The van der Waals surface area contributed by atoms with Crippen LogP contribution in [0.1, 0.15) is 33.1 Å². The fourth-order valence-corrected chi connectivity index (χ4v) is 3.08. The average Bonchev–Trinajstić information content (AvgIpc) is 2.47. The minimum absolute atomic E-state index is 0.106. The van der Waals surface area contributed by atoms with Gasteiger partial charge in [0.25, 0.3) is 0 Å². The number of piperazine rings is 1. The summed E-state index contributed by atoms with van der Waals surface area (Å²) < 4.78 is 0.